The lowest BCUT2D eigenvalue weighted by molar-refractivity contribution is -0.141. The van der Waals surface area contributed by atoms with Crippen molar-refractivity contribution in [3.63, 3.8) is 0 Å². The van der Waals surface area contributed by atoms with Gasteiger partial charge in [0.05, 0.1) is 11.5 Å². The van der Waals surface area contributed by atoms with Gasteiger partial charge >= 0.3 is 12.1 Å². The van der Waals surface area contributed by atoms with Crippen LogP contribution in [0.5, 0.6) is 0 Å². The number of nitrogens with zero attached hydrogens (tertiary/aromatic N) is 1. The molecule has 0 saturated heterocycles. The lowest BCUT2D eigenvalue weighted by Gasteiger charge is -2.17. The molecule has 19 heavy (non-hydrogen) atoms. The number of rotatable bonds is 3. The number of hydrogen-bond donors (Lipinski definition) is 2. The summed E-state index contributed by atoms with van der Waals surface area (Å²) in [5.74, 6) is -1.62. The van der Waals surface area contributed by atoms with Gasteiger partial charge in [-0.2, -0.15) is 13.2 Å². The zero-order valence-electron chi connectivity index (χ0n) is 9.94. The monoisotopic (exact) mass is 274 g/mol. The van der Waals surface area contributed by atoms with Crippen molar-refractivity contribution in [3.05, 3.63) is 23.9 Å². The van der Waals surface area contributed by atoms with Crippen molar-refractivity contribution in [1.29, 1.82) is 0 Å². The highest BCUT2D eigenvalue weighted by Gasteiger charge is 2.36. The minimum atomic E-state index is -4.47. The number of anilines is 1. The van der Waals surface area contributed by atoms with Gasteiger partial charge in [0.25, 0.3) is 0 Å². The lowest BCUT2D eigenvalue weighted by atomic mass is 10.1. The van der Waals surface area contributed by atoms with E-state index in [4.69, 9.17) is 5.11 Å². The van der Waals surface area contributed by atoms with E-state index in [1.54, 1.807) is 0 Å². The molecule has 7 heteroatoms. The van der Waals surface area contributed by atoms with Gasteiger partial charge in [0.1, 0.15) is 5.82 Å². The van der Waals surface area contributed by atoms with Crippen LogP contribution in [0.15, 0.2) is 18.3 Å². The first-order valence-electron chi connectivity index (χ1n) is 5.89. The molecule has 0 aromatic carbocycles. The minimum absolute atomic E-state index is 0.231. The van der Waals surface area contributed by atoms with E-state index in [9.17, 15) is 18.0 Å². The average molecular weight is 274 g/mol. The molecule has 104 valence electrons. The molecule has 0 unspecified atom stereocenters. The van der Waals surface area contributed by atoms with E-state index < -0.39 is 23.6 Å². The Labute approximate surface area is 107 Å². The van der Waals surface area contributed by atoms with Gasteiger partial charge in [-0.1, -0.05) is 0 Å². The number of pyridine rings is 1. The number of hydrogen-bond acceptors (Lipinski definition) is 3. The fourth-order valence-electron chi connectivity index (χ4n) is 2.28. The van der Waals surface area contributed by atoms with E-state index in [0.29, 0.717) is 19.3 Å². The number of carbonyl (C=O) groups is 1. The molecule has 1 aromatic rings. The van der Waals surface area contributed by atoms with Crippen molar-refractivity contribution < 1.29 is 23.1 Å². The average Bonchev–Trinajstić information content (AvgIpc) is 2.77. The van der Waals surface area contributed by atoms with Crippen molar-refractivity contribution in [3.8, 4) is 0 Å². The molecule has 0 spiro atoms. The summed E-state index contributed by atoms with van der Waals surface area (Å²) in [4.78, 5) is 14.5. The molecule has 1 aromatic heterocycles. The summed E-state index contributed by atoms with van der Waals surface area (Å²) in [6.07, 6.45) is -1.86. The maximum atomic E-state index is 12.8. The summed E-state index contributed by atoms with van der Waals surface area (Å²) in [5.41, 5.74) is -0.825. The summed E-state index contributed by atoms with van der Waals surface area (Å²) in [6, 6.07) is 1.90. The third-order valence-electron chi connectivity index (χ3n) is 3.24. The normalized spacial score (nSPS) is 23.3. The molecule has 0 radical (unpaired) electrons. The first-order chi connectivity index (χ1) is 8.88. The van der Waals surface area contributed by atoms with Crippen molar-refractivity contribution >= 4 is 11.8 Å². The molecule has 0 amide bonds. The van der Waals surface area contributed by atoms with Gasteiger partial charge in [0, 0.05) is 12.2 Å². The highest BCUT2D eigenvalue weighted by molar-refractivity contribution is 5.70. The quantitative estimate of drug-likeness (QED) is 0.889. The Morgan fingerprint density at radius 3 is 2.74 bits per heavy atom. The predicted molar refractivity (Wildman–Crippen MR) is 61.6 cm³/mol. The Balaban J connectivity index is 2.11. The van der Waals surface area contributed by atoms with Crippen molar-refractivity contribution in [1.82, 2.24) is 4.98 Å². The van der Waals surface area contributed by atoms with Crippen molar-refractivity contribution in [2.45, 2.75) is 31.5 Å². The van der Waals surface area contributed by atoms with Crippen LogP contribution in [0, 0.1) is 5.92 Å². The van der Waals surface area contributed by atoms with Crippen LogP contribution in [0.4, 0.5) is 19.0 Å². The second kappa shape index (κ2) is 5.07. The number of alkyl halides is 3. The van der Waals surface area contributed by atoms with Crippen LogP contribution >= 0.6 is 0 Å². The molecular weight excluding hydrogens is 261 g/mol. The summed E-state index contributed by atoms with van der Waals surface area (Å²) in [7, 11) is 0. The fourth-order valence-corrected chi connectivity index (χ4v) is 2.28. The van der Waals surface area contributed by atoms with E-state index >= 15 is 0 Å². The molecule has 0 aliphatic heterocycles. The Hall–Kier alpha value is -1.79. The third kappa shape index (κ3) is 3.15. The molecule has 1 fully saturated rings. The second-order valence-corrected chi connectivity index (χ2v) is 4.59. The molecule has 2 rings (SSSR count). The first kappa shape index (κ1) is 13.6. The molecular formula is C12H13F3N2O2. The van der Waals surface area contributed by atoms with Crippen molar-refractivity contribution in [2.24, 2.45) is 5.92 Å². The van der Waals surface area contributed by atoms with Crippen LogP contribution in [0.1, 0.15) is 24.8 Å². The zero-order chi connectivity index (χ0) is 14.0. The fraction of sp³-hybridized carbons (Fsp3) is 0.500. The number of halogens is 3. The number of nitrogens with one attached hydrogen (secondary N) is 1. The van der Waals surface area contributed by atoms with Crippen LogP contribution in [0.25, 0.3) is 0 Å². The zero-order valence-corrected chi connectivity index (χ0v) is 9.94. The standard InChI is InChI=1S/C12H13F3N2O2/c13-12(14,15)9-2-1-5-16-10(9)17-8-4-3-7(6-8)11(18)19/h1-2,5,7-8H,3-4,6H2,(H,16,17)(H,18,19)/t7-,8+/m1/s1. The number of aliphatic carboxylic acids is 1. The lowest BCUT2D eigenvalue weighted by Crippen LogP contribution is -2.21. The molecule has 2 atom stereocenters. The SMILES string of the molecule is O=C(O)[C@@H]1CC[C@H](Nc2ncccc2C(F)(F)F)C1. The predicted octanol–water partition coefficient (Wildman–Crippen LogP) is 2.77. The Kier molecular flexibility index (Phi) is 3.64. The van der Waals surface area contributed by atoms with Gasteiger partial charge in [-0.3, -0.25) is 4.79 Å². The molecule has 1 aliphatic carbocycles. The number of carboxylic acid groups (broad SMARTS) is 1. The van der Waals surface area contributed by atoms with Gasteiger partial charge < -0.3 is 10.4 Å². The van der Waals surface area contributed by atoms with E-state index in [1.807, 2.05) is 0 Å². The van der Waals surface area contributed by atoms with Crippen molar-refractivity contribution in [2.75, 3.05) is 5.32 Å². The third-order valence-corrected chi connectivity index (χ3v) is 3.24. The van der Waals surface area contributed by atoms with Gasteiger partial charge in [-0.25, -0.2) is 4.98 Å². The molecule has 2 N–H and O–H groups in total. The minimum Gasteiger partial charge on any atom is -0.481 e. The Bertz CT molecular complexity index is 476. The van der Waals surface area contributed by atoms with E-state index in [2.05, 4.69) is 10.3 Å². The molecule has 1 saturated carbocycles. The maximum absolute atomic E-state index is 12.8. The molecule has 1 aliphatic rings. The van der Waals surface area contributed by atoms with Gasteiger partial charge in [0.15, 0.2) is 0 Å². The summed E-state index contributed by atoms with van der Waals surface area (Å²) in [5, 5.41) is 11.6. The van der Waals surface area contributed by atoms with E-state index in [0.717, 1.165) is 6.07 Å². The number of carboxylic acids is 1. The smallest absolute Gasteiger partial charge is 0.419 e. The largest absolute Gasteiger partial charge is 0.481 e. The van der Waals surface area contributed by atoms with E-state index in [1.165, 1.54) is 12.3 Å². The maximum Gasteiger partial charge on any atom is 0.419 e. The molecule has 1 heterocycles. The second-order valence-electron chi connectivity index (χ2n) is 4.59. The highest BCUT2D eigenvalue weighted by atomic mass is 19.4. The summed E-state index contributed by atoms with van der Waals surface area (Å²) in [6.45, 7) is 0. The topological polar surface area (TPSA) is 62.2 Å². The Morgan fingerprint density at radius 1 is 1.42 bits per heavy atom. The molecule has 0 bridgehead atoms. The number of aromatic nitrogens is 1. The Morgan fingerprint density at radius 2 is 2.16 bits per heavy atom. The molecule has 4 nitrogen and oxygen atoms in total. The van der Waals surface area contributed by atoms with Crippen LogP contribution in [-0.2, 0) is 11.0 Å². The van der Waals surface area contributed by atoms with Crippen LogP contribution in [-0.4, -0.2) is 22.1 Å². The van der Waals surface area contributed by atoms with Gasteiger partial charge in [0.2, 0.25) is 0 Å². The van der Waals surface area contributed by atoms with Gasteiger partial charge in [-0.15, -0.1) is 0 Å². The van der Waals surface area contributed by atoms with Crippen LogP contribution in [0.3, 0.4) is 0 Å². The summed E-state index contributed by atoms with van der Waals surface area (Å²) < 4.78 is 38.3. The first-order valence-corrected chi connectivity index (χ1v) is 5.89. The highest BCUT2D eigenvalue weighted by Crippen LogP contribution is 2.35. The summed E-state index contributed by atoms with van der Waals surface area (Å²) >= 11 is 0. The van der Waals surface area contributed by atoms with E-state index in [-0.39, 0.29) is 11.9 Å². The van der Waals surface area contributed by atoms with Crippen LogP contribution < -0.4 is 5.32 Å². The van der Waals surface area contributed by atoms with Gasteiger partial charge in [-0.05, 0) is 31.4 Å². The van der Waals surface area contributed by atoms with Crippen LogP contribution in [0.2, 0.25) is 0 Å².